The normalized spacial score (nSPS) is 18.5. The zero-order chi connectivity index (χ0) is 11.1. The molecule has 0 aromatic carbocycles. The number of carbonyl (C=O) groups excluding carboxylic acids is 1. The molecule has 0 aliphatic carbocycles. The van der Waals surface area contributed by atoms with Crippen molar-refractivity contribution < 1.29 is 9.53 Å². The summed E-state index contributed by atoms with van der Waals surface area (Å²) in [5.41, 5.74) is 0. The van der Waals surface area contributed by atoms with Crippen LogP contribution in [0.5, 0.6) is 0 Å². The zero-order valence-electron chi connectivity index (χ0n) is 9.79. The first-order valence-corrected chi connectivity index (χ1v) is 5.78. The summed E-state index contributed by atoms with van der Waals surface area (Å²) in [6, 6.07) is 0.275. The van der Waals surface area contributed by atoms with Gasteiger partial charge in [-0.1, -0.05) is 6.92 Å². The SMILES string of the molecule is CCCNC(COC)CN1CCCC1=O. The van der Waals surface area contributed by atoms with Gasteiger partial charge in [0.15, 0.2) is 0 Å². The fourth-order valence-corrected chi connectivity index (χ4v) is 1.89. The minimum atomic E-state index is 0.275. The number of nitrogens with zero attached hydrogens (tertiary/aromatic N) is 1. The van der Waals surface area contributed by atoms with E-state index in [2.05, 4.69) is 12.2 Å². The molecule has 1 heterocycles. The van der Waals surface area contributed by atoms with Crippen LogP contribution >= 0.6 is 0 Å². The maximum absolute atomic E-state index is 11.4. The molecular formula is C11H22N2O2. The van der Waals surface area contributed by atoms with E-state index in [9.17, 15) is 4.79 Å². The van der Waals surface area contributed by atoms with Gasteiger partial charge in [0.05, 0.1) is 6.61 Å². The Morgan fingerprint density at radius 3 is 2.93 bits per heavy atom. The summed E-state index contributed by atoms with van der Waals surface area (Å²) in [5, 5.41) is 3.40. The van der Waals surface area contributed by atoms with Crippen LogP contribution in [0.1, 0.15) is 26.2 Å². The number of methoxy groups -OCH3 is 1. The molecule has 1 N–H and O–H groups in total. The summed E-state index contributed by atoms with van der Waals surface area (Å²) in [4.78, 5) is 13.4. The summed E-state index contributed by atoms with van der Waals surface area (Å²) in [7, 11) is 1.70. The Hall–Kier alpha value is -0.610. The van der Waals surface area contributed by atoms with Gasteiger partial charge in [0.2, 0.25) is 5.91 Å². The Bertz CT molecular complexity index is 197. The van der Waals surface area contributed by atoms with Crippen LogP contribution in [0, 0.1) is 0 Å². The van der Waals surface area contributed by atoms with Gasteiger partial charge in [-0.25, -0.2) is 0 Å². The molecule has 1 unspecified atom stereocenters. The second-order valence-corrected chi connectivity index (χ2v) is 4.05. The van der Waals surface area contributed by atoms with Crippen molar-refractivity contribution in [1.29, 1.82) is 0 Å². The second-order valence-electron chi connectivity index (χ2n) is 4.05. The van der Waals surface area contributed by atoms with Gasteiger partial charge in [-0.2, -0.15) is 0 Å². The van der Waals surface area contributed by atoms with Crippen molar-refractivity contribution in [2.45, 2.75) is 32.2 Å². The number of rotatable bonds is 7. The number of nitrogens with one attached hydrogen (secondary N) is 1. The Labute approximate surface area is 92.0 Å². The molecule has 15 heavy (non-hydrogen) atoms. The molecule has 1 saturated heterocycles. The number of ether oxygens (including phenoxy) is 1. The summed E-state index contributed by atoms with van der Waals surface area (Å²) in [5.74, 6) is 0.286. The number of hydrogen-bond donors (Lipinski definition) is 1. The van der Waals surface area contributed by atoms with Crippen molar-refractivity contribution in [2.75, 3.05) is 33.4 Å². The van der Waals surface area contributed by atoms with Crippen LogP contribution < -0.4 is 5.32 Å². The van der Waals surface area contributed by atoms with Crippen LogP contribution in [0.2, 0.25) is 0 Å². The van der Waals surface area contributed by atoms with E-state index in [0.29, 0.717) is 13.0 Å². The van der Waals surface area contributed by atoms with E-state index in [1.807, 2.05) is 4.90 Å². The molecule has 1 aliphatic heterocycles. The highest BCUT2D eigenvalue weighted by atomic mass is 16.5. The predicted molar refractivity (Wildman–Crippen MR) is 59.8 cm³/mol. The van der Waals surface area contributed by atoms with Crippen LogP contribution in [0.25, 0.3) is 0 Å². The largest absolute Gasteiger partial charge is 0.383 e. The predicted octanol–water partition coefficient (Wildman–Crippen LogP) is 0.623. The minimum absolute atomic E-state index is 0.275. The first kappa shape index (κ1) is 12.5. The zero-order valence-corrected chi connectivity index (χ0v) is 9.79. The van der Waals surface area contributed by atoms with Crippen molar-refractivity contribution in [1.82, 2.24) is 10.2 Å². The molecular weight excluding hydrogens is 192 g/mol. The first-order chi connectivity index (χ1) is 7.27. The summed E-state index contributed by atoms with van der Waals surface area (Å²) >= 11 is 0. The van der Waals surface area contributed by atoms with Gasteiger partial charge in [0.1, 0.15) is 0 Å². The van der Waals surface area contributed by atoms with E-state index in [4.69, 9.17) is 4.74 Å². The Kier molecular flexibility index (Phi) is 5.65. The quantitative estimate of drug-likeness (QED) is 0.675. The molecule has 1 rings (SSSR count). The number of amides is 1. The molecule has 0 radical (unpaired) electrons. The van der Waals surface area contributed by atoms with E-state index >= 15 is 0 Å². The molecule has 0 bridgehead atoms. The lowest BCUT2D eigenvalue weighted by Crippen LogP contribution is -2.44. The van der Waals surface area contributed by atoms with Gasteiger partial charge in [-0.3, -0.25) is 4.79 Å². The Balaban J connectivity index is 2.31. The molecule has 0 aromatic heterocycles. The molecule has 1 fully saturated rings. The fraction of sp³-hybridized carbons (Fsp3) is 0.909. The van der Waals surface area contributed by atoms with E-state index in [1.54, 1.807) is 7.11 Å². The Morgan fingerprint density at radius 1 is 1.60 bits per heavy atom. The highest BCUT2D eigenvalue weighted by molar-refractivity contribution is 5.78. The molecule has 4 heteroatoms. The van der Waals surface area contributed by atoms with Crippen LogP contribution in [0.3, 0.4) is 0 Å². The molecule has 1 atom stereocenters. The molecule has 0 spiro atoms. The van der Waals surface area contributed by atoms with Gasteiger partial charge < -0.3 is 15.0 Å². The fourth-order valence-electron chi connectivity index (χ4n) is 1.89. The van der Waals surface area contributed by atoms with Crippen molar-refractivity contribution >= 4 is 5.91 Å². The molecule has 88 valence electrons. The number of likely N-dealkylation sites (tertiary alicyclic amines) is 1. The molecule has 4 nitrogen and oxygen atoms in total. The lowest BCUT2D eigenvalue weighted by atomic mass is 10.2. The van der Waals surface area contributed by atoms with Crippen molar-refractivity contribution in [3.8, 4) is 0 Å². The minimum Gasteiger partial charge on any atom is -0.383 e. The monoisotopic (exact) mass is 214 g/mol. The highest BCUT2D eigenvalue weighted by Gasteiger charge is 2.22. The van der Waals surface area contributed by atoms with Gasteiger partial charge in [0, 0.05) is 32.7 Å². The third-order valence-corrected chi connectivity index (χ3v) is 2.66. The highest BCUT2D eigenvalue weighted by Crippen LogP contribution is 2.09. The topological polar surface area (TPSA) is 41.6 Å². The molecule has 1 amide bonds. The van der Waals surface area contributed by atoms with Crippen molar-refractivity contribution in [3.63, 3.8) is 0 Å². The summed E-state index contributed by atoms with van der Waals surface area (Å²) < 4.78 is 5.15. The third kappa shape index (κ3) is 4.18. The smallest absolute Gasteiger partial charge is 0.222 e. The van der Waals surface area contributed by atoms with Crippen LogP contribution in [0.4, 0.5) is 0 Å². The van der Waals surface area contributed by atoms with E-state index in [-0.39, 0.29) is 11.9 Å². The average molecular weight is 214 g/mol. The Morgan fingerprint density at radius 2 is 2.40 bits per heavy atom. The van der Waals surface area contributed by atoms with Gasteiger partial charge in [-0.15, -0.1) is 0 Å². The van der Waals surface area contributed by atoms with Crippen LogP contribution in [-0.2, 0) is 9.53 Å². The standard InChI is InChI=1S/C11H22N2O2/c1-3-6-12-10(9-15-2)8-13-7-4-5-11(13)14/h10,12H,3-9H2,1-2H3. The maximum atomic E-state index is 11.4. The molecule has 0 aromatic rings. The van der Waals surface area contributed by atoms with Crippen LogP contribution in [-0.4, -0.2) is 50.2 Å². The molecule has 1 aliphatic rings. The van der Waals surface area contributed by atoms with Crippen molar-refractivity contribution in [3.05, 3.63) is 0 Å². The van der Waals surface area contributed by atoms with Crippen LogP contribution in [0.15, 0.2) is 0 Å². The van der Waals surface area contributed by atoms with Gasteiger partial charge >= 0.3 is 0 Å². The maximum Gasteiger partial charge on any atom is 0.222 e. The van der Waals surface area contributed by atoms with Crippen molar-refractivity contribution in [2.24, 2.45) is 0 Å². The summed E-state index contributed by atoms with van der Waals surface area (Å²) in [6.07, 6.45) is 2.83. The van der Waals surface area contributed by atoms with Gasteiger partial charge in [0.25, 0.3) is 0 Å². The number of hydrogen-bond acceptors (Lipinski definition) is 3. The number of carbonyl (C=O) groups is 1. The average Bonchev–Trinajstić information content (AvgIpc) is 2.61. The van der Waals surface area contributed by atoms with E-state index in [1.165, 1.54) is 0 Å². The third-order valence-electron chi connectivity index (χ3n) is 2.66. The lowest BCUT2D eigenvalue weighted by molar-refractivity contribution is -0.128. The van der Waals surface area contributed by atoms with E-state index < -0.39 is 0 Å². The first-order valence-electron chi connectivity index (χ1n) is 5.78. The van der Waals surface area contributed by atoms with Gasteiger partial charge in [-0.05, 0) is 19.4 Å². The summed E-state index contributed by atoms with van der Waals surface area (Å²) in [6.45, 7) is 5.48. The molecule has 0 saturated carbocycles. The second kappa shape index (κ2) is 6.80. The van der Waals surface area contributed by atoms with E-state index in [0.717, 1.165) is 32.5 Å². The lowest BCUT2D eigenvalue weighted by Gasteiger charge is -2.24.